The molecule has 5 rings (SSSR count). The second-order valence-corrected chi connectivity index (χ2v) is 13.7. The first kappa shape index (κ1) is 45.2. The Morgan fingerprint density at radius 1 is 0.964 bits per heavy atom. The van der Waals surface area contributed by atoms with Crippen LogP contribution < -0.4 is 16.4 Å². The number of anilines is 1. The predicted molar refractivity (Wildman–Crippen MR) is 218 cm³/mol. The molecule has 0 aliphatic heterocycles. The third kappa shape index (κ3) is 13.6. The molecule has 5 aromatic rings. The van der Waals surface area contributed by atoms with Gasteiger partial charge in [-0.15, -0.1) is 0 Å². The zero-order valence-corrected chi connectivity index (χ0v) is 33.9. The van der Waals surface area contributed by atoms with E-state index in [1.54, 1.807) is 49.5 Å². The number of aromatic nitrogens is 4. The van der Waals surface area contributed by atoms with Gasteiger partial charge in [0.2, 0.25) is 17.8 Å². The predicted octanol–water partition coefficient (Wildman–Crippen LogP) is 8.65. The zero-order chi connectivity index (χ0) is 41.4. The lowest BCUT2D eigenvalue weighted by Gasteiger charge is -2.29. The van der Waals surface area contributed by atoms with Crippen molar-refractivity contribution >= 4 is 58.3 Å². The van der Waals surface area contributed by atoms with E-state index in [2.05, 4.69) is 25.6 Å². The molecule has 0 bridgehead atoms. The number of imidazole rings is 1. The summed E-state index contributed by atoms with van der Waals surface area (Å²) in [5.74, 6) is -1.51. The van der Waals surface area contributed by atoms with E-state index in [1.165, 1.54) is 40.2 Å². The van der Waals surface area contributed by atoms with E-state index in [0.717, 1.165) is 17.2 Å². The van der Waals surface area contributed by atoms with Crippen molar-refractivity contribution in [3.8, 4) is 5.82 Å². The maximum atomic E-state index is 14.5. The van der Waals surface area contributed by atoms with Gasteiger partial charge in [-0.2, -0.15) is 14.4 Å². The van der Waals surface area contributed by atoms with Gasteiger partial charge in [0, 0.05) is 60.3 Å². The van der Waals surface area contributed by atoms with Gasteiger partial charge in [0.05, 0.1) is 21.5 Å². The Labute approximate surface area is 340 Å². The summed E-state index contributed by atoms with van der Waals surface area (Å²) in [4.78, 5) is 51.7. The fourth-order valence-corrected chi connectivity index (χ4v) is 5.68. The van der Waals surface area contributed by atoms with Crippen molar-refractivity contribution in [1.29, 1.82) is 0 Å². The SMILES string of the molecule is CC.CCNC(=O)c1ccc(CN(Cc2ccc(Cl)cc2)C(=O)C(CC(C)C)Nc2nc(F)cc(-n3ccnc3)n2)c([N+](=O)[O-])c1.NCc1ccc(Cl)c(Cl)c1. The summed E-state index contributed by atoms with van der Waals surface area (Å²) in [6.45, 7) is 10.4. The molecule has 17 heteroatoms. The molecule has 0 spiro atoms. The minimum Gasteiger partial charge on any atom is -0.352 e. The molecule has 56 heavy (non-hydrogen) atoms. The largest absolute Gasteiger partial charge is 0.352 e. The number of benzene rings is 3. The molecule has 3 aromatic carbocycles. The lowest BCUT2D eigenvalue weighted by Crippen LogP contribution is -2.43. The molecular weight excluding hydrogens is 784 g/mol. The van der Waals surface area contributed by atoms with Crippen LogP contribution >= 0.6 is 34.8 Å². The number of carbonyl (C=O) groups excluding carboxylic acids is 2. The summed E-state index contributed by atoms with van der Waals surface area (Å²) in [7, 11) is 0. The molecule has 2 aromatic heterocycles. The van der Waals surface area contributed by atoms with E-state index < -0.39 is 28.7 Å². The third-order valence-electron chi connectivity index (χ3n) is 7.82. The zero-order valence-electron chi connectivity index (χ0n) is 31.7. The first-order chi connectivity index (χ1) is 26.8. The van der Waals surface area contributed by atoms with Crippen molar-refractivity contribution < 1.29 is 18.9 Å². The van der Waals surface area contributed by atoms with E-state index in [9.17, 15) is 24.1 Å². The summed E-state index contributed by atoms with van der Waals surface area (Å²) in [5, 5.41) is 19.3. The van der Waals surface area contributed by atoms with E-state index in [0.29, 0.717) is 34.6 Å². The molecule has 13 nitrogen and oxygen atoms in total. The van der Waals surface area contributed by atoms with Crippen LogP contribution in [0.5, 0.6) is 0 Å². The fraction of sp³-hybridized carbons (Fsp3) is 0.308. The number of halogens is 4. The molecule has 1 atom stereocenters. The van der Waals surface area contributed by atoms with Gasteiger partial charge in [-0.3, -0.25) is 24.3 Å². The smallest absolute Gasteiger partial charge is 0.275 e. The fourth-order valence-electron chi connectivity index (χ4n) is 5.23. The number of nitro groups is 1. The van der Waals surface area contributed by atoms with Crippen LogP contribution in [0.3, 0.4) is 0 Å². The van der Waals surface area contributed by atoms with Crippen LogP contribution in [0.4, 0.5) is 16.0 Å². The van der Waals surface area contributed by atoms with Crippen LogP contribution in [-0.4, -0.2) is 53.7 Å². The highest BCUT2D eigenvalue weighted by atomic mass is 35.5. The van der Waals surface area contributed by atoms with Gasteiger partial charge in [-0.25, -0.2) is 4.98 Å². The second-order valence-electron chi connectivity index (χ2n) is 12.4. The lowest BCUT2D eigenvalue weighted by molar-refractivity contribution is -0.385. The summed E-state index contributed by atoms with van der Waals surface area (Å²) >= 11 is 17.4. The highest BCUT2D eigenvalue weighted by molar-refractivity contribution is 6.42. The normalized spacial score (nSPS) is 11.1. The molecule has 0 saturated carbocycles. The van der Waals surface area contributed by atoms with Crippen LogP contribution in [0, 0.1) is 22.0 Å². The number of rotatable bonds is 14. The van der Waals surface area contributed by atoms with Gasteiger partial charge < -0.3 is 21.3 Å². The molecule has 2 heterocycles. The van der Waals surface area contributed by atoms with Crippen LogP contribution in [0.15, 0.2) is 85.5 Å². The van der Waals surface area contributed by atoms with Crippen LogP contribution in [-0.2, 0) is 24.4 Å². The Bertz CT molecular complexity index is 2050. The number of amides is 2. The quantitative estimate of drug-likeness (QED) is 0.0562. The highest BCUT2D eigenvalue weighted by Crippen LogP contribution is 2.26. The van der Waals surface area contributed by atoms with Gasteiger partial charge in [0.25, 0.3) is 11.6 Å². The van der Waals surface area contributed by atoms with Crippen molar-refractivity contribution in [2.75, 3.05) is 11.9 Å². The Kier molecular flexibility index (Phi) is 18.1. The summed E-state index contributed by atoms with van der Waals surface area (Å²) in [6, 6.07) is 16.6. The Morgan fingerprint density at radius 3 is 2.25 bits per heavy atom. The average molecular weight is 829 g/mol. The molecule has 4 N–H and O–H groups in total. The molecule has 298 valence electrons. The highest BCUT2D eigenvalue weighted by Gasteiger charge is 2.29. The molecule has 0 radical (unpaired) electrons. The van der Waals surface area contributed by atoms with Gasteiger partial charge in [-0.1, -0.05) is 80.7 Å². The van der Waals surface area contributed by atoms with E-state index in [1.807, 2.05) is 33.8 Å². The summed E-state index contributed by atoms with van der Waals surface area (Å²) in [5.41, 5.74) is 7.17. The van der Waals surface area contributed by atoms with Gasteiger partial charge in [0.15, 0.2) is 0 Å². The van der Waals surface area contributed by atoms with E-state index in [4.69, 9.17) is 40.5 Å². The van der Waals surface area contributed by atoms with E-state index >= 15 is 0 Å². The van der Waals surface area contributed by atoms with E-state index in [-0.39, 0.29) is 47.6 Å². The Hall–Kier alpha value is -5.15. The number of hydrogen-bond acceptors (Lipinski definition) is 9. The topological polar surface area (TPSA) is 174 Å². The monoisotopic (exact) mass is 827 g/mol. The molecule has 0 saturated heterocycles. The first-order valence-corrected chi connectivity index (χ1v) is 18.9. The second kappa shape index (κ2) is 22.4. The average Bonchev–Trinajstić information content (AvgIpc) is 3.72. The number of nitro benzene ring substituents is 1. The van der Waals surface area contributed by atoms with Gasteiger partial charge in [0.1, 0.15) is 18.2 Å². The number of nitrogens with two attached hydrogens (primary N) is 1. The summed E-state index contributed by atoms with van der Waals surface area (Å²) in [6.07, 6.45) is 4.91. The standard InChI is InChI=1S/C30H32ClFN8O4.C7H7Cl2N.C2H6/c1-4-34-28(41)21-7-8-22(25(14-21)40(43)44)17-39(16-20-5-9-23(31)10-6-20)29(42)24(13-19(2)3)35-30-36-26(32)15-27(37-30)38-12-11-33-18-38;8-6-2-1-5(4-10)3-7(6)9;1-2/h5-12,14-15,18-19,24H,4,13,16-17H2,1-3H3,(H,34,41)(H,35,36,37);1-3H,4,10H2;1-2H3. The Morgan fingerprint density at radius 2 is 1.66 bits per heavy atom. The minimum absolute atomic E-state index is 0.0289. The molecular formula is C39H45Cl3FN9O4. The van der Waals surface area contributed by atoms with Gasteiger partial charge in [-0.05, 0) is 66.8 Å². The number of carbonyl (C=O) groups is 2. The number of nitrogens with one attached hydrogen (secondary N) is 2. The van der Waals surface area contributed by atoms with Crippen molar-refractivity contribution in [3.05, 3.63) is 139 Å². The minimum atomic E-state index is -0.909. The molecule has 0 aliphatic carbocycles. The van der Waals surface area contributed by atoms with Crippen molar-refractivity contribution in [2.24, 2.45) is 11.7 Å². The van der Waals surface area contributed by atoms with Crippen LogP contribution in [0.2, 0.25) is 15.1 Å². The first-order valence-electron chi connectivity index (χ1n) is 17.8. The molecule has 0 fully saturated rings. The Balaban J connectivity index is 0.000000602. The van der Waals surface area contributed by atoms with Gasteiger partial charge >= 0.3 is 0 Å². The van der Waals surface area contributed by atoms with Crippen LogP contribution in [0.25, 0.3) is 5.82 Å². The third-order valence-corrected chi connectivity index (χ3v) is 8.81. The van der Waals surface area contributed by atoms with Crippen molar-refractivity contribution in [3.63, 3.8) is 0 Å². The maximum Gasteiger partial charge on any atom is 0.275 e. The van der Waals surface area contributed by atoms with Crippen LogP contribution in [0.1, 0.15) is 68.1 Å². The lowest BCUT2D eigenvalue weighted by atomic mass is 10.0. The molecule has 2 amide bonds. The summed E-state index contributed by atoms with van der Waals surface area (Å²) < 4.78 is 16.0. The maximum absolute atomic E-state index is 14.5. The van der Waals surface area contributed by atoms with Crippen molar-refractivity contribution in [2.45, 2.75) is 66.7 Å². The molecule has 0 aliphatic rings. The number of hydrogen-bond donors (Lipinski definition) is 3. The van der Waals surface area contributed by atoms with Crippen molar-refractivity contribution in [1.82, 2.24) is 29.7 Å². The molecule has 1 unspecified atom stereocenters. The number of nitrogens with zero attached hydrogens (tertiary/aromatic N) is 6.